The lowest BCUT2D eigenvalue weighted by Gasteiger charge is -2.08. The maximum atomic E-state index is 12.2. The zero-order chi connectivity index (χ0) is 19.2. The van der Waals surface area contributed by atoms with E-state index in [1.807, 2.05) is 24.3 Å². The Bertz CT molecular complexity index is 884. The van der Waals surface area contributed by atoms with Crippen LogP contribution in [0.2, 0.25) is 0 Å². The second-order valence-electron chi connectivity index (χ2n) is 5.82. The Balaban J connectivity index is 1.82. The molecular formula is C21H21NO5. The van der Waals surface area contributed by atoms with Gasteiger partial charge in [-0.3, -0.25) is 0 Å². The normalized spacial score (nSPS) is 14.7. The monoisotopic (exact) mass is 367 g/mol. The summed E-state index contributed by atoms with van der Waals surface area (Å²) in [7, 11) is 3.10. The van der Waals surface area contributed by atoms with Crippen molar-refractivity contribution in [2.24, 2.45) is 4.99 Å². The summed E-state index contributed by atoms with van der Waals surface area (Å²) in [6, 6.07) is 12.7. The van der Waals surface area contributed by atoms with Crippen molar-refractivity contribution < 1.29 is 23.7 Å². The van der Waals surface area contributed by atoms with E-state index in [0.29, 0.717) is 23.7 Å². The van der Waals surface area contributed by atoms with E-state index in [-0.39, 0.29) is 11.6 Å². The number of hydrogen-bond acceptors (Lipinski definition) is 6. The number of nitrogens with zero attached hydrogens (tertiary/aromatic N) is 1. The van der Waals surface area contributed by atoms with Gasteiger partial charge in [0.1, 0.15) is 5.75 Å². The fourth-order valence-electron chi connectivity index (χ4n) is 2.54. The van der Waals surface area contributed by atoms with Gasteiger partial charge in [-0.25, -0.2) is 9.79 Å². The summed E-state index contributed by atoms with van der Waals surface area (Å²) in [5.41, 5.74) is 1.71. The number of aliphatic imine (C=N–C) groups is 1. The van der Waals surface area contributed by atoms with Gasteiger partial charge in [0.2, 0.25) is 5.90 Å². The van der Waals surface area contributed by atoms with Gasteiger partial charge in [0.15, 0.2) is 17.2 Å². The Morgan fingerprint density at radius 2 is 1.78 bits per heavy atom. The molecule has 27 heavy (non-hydrogen) atoms. The first-order valence-corrected chi connectivity index (χ1v) is 8.62. The molecule has 1 aliphatic heterocycles. The fraction of sp³-hybridized carbons (Fsp3) is 0.238. The van der Waals surface area contributed by atoms with Crippen LogP contribution in [-0.2, 0) is 9.53 Å². The van der Waals surface area contributed by atoms with Crippen molar-refractivity contribution in [3.8, 4) is 17.2 Å². The van der Waals surface area contributed by atoms with Crippen molar-refractivity contribution in [3.05, 3.63) is 59.3 Å². The SMILES string of the molecule is CCCOc1ccc(/C=C2/N=C(c3ccc(OC)c(OC)c3)OC2=O)cc1. The third kappa shape index (κ3) is 4.28. The molecule has 2 aromatic rings. The summed E-state index contributed by atoms with van der Waals surface area (Å²) in [5, 5.41) is 0. The lowest BCUT2D eigenvalue weighted by molar-refractivity contribution is -0.129. The molecule has 0 fully saturated rings. The minimum atomic E-state index is -0.494. The molecule has 0 unspecified atom stereocenters. The number of methoxy groups -OCH3 is 2. The molecule has 6 nitrogen and oxygen atoms in total. The van der Waals surface area contributed by atoms with E-state index in [9.17, 15) is 4.79 Å². The highest BCUT2D eigenvalue weighted by Crippen LogP contribution is 2.29. The van der Waals surface area contributed by atoms with E-state index in [0.717, 1.165) is 17.7 Å². The zero-order valence-electron chi connectivity index (χ0n) is 15.5. The van der Waals surface area contributed by atoms with Crippen LogP contribution < -0.4 is 14.2 Å². The van der Waals surface area contributed by atoms with Gasteiger partial charge in [-0.05, 0) is 48.4 Å². The van der Waals surface area contributed by atoms with Gasteiger partial charge in [-0.1, -0.05) is 19.1 Å². The van der Waals surface area contributed by atoms with Crippen LogP contribution in [0.3, 0.4) is 0 Å². The number of hydrogen-bond donors (Lipinski definition) is 0. The Morgan fingerprint density at radius 1 is 1.04 bits per heavy atom. The molecule has 6 heteroatoms. The number of cyclic esters (lactones) is 1. The van der Waals surface area contributed by atoms with Gasteiger partial charge < -0.3 is 18.9 Å². The summed E-state index contributed by atoms with van der Waals surface area (Å²) in [4.78, 5) is 16.5. The van der Waals surface area contributed by atoms with Gasteiger partial charge >= 0.3 is 5.97 Å². The summed E-state index contributed by atoms with van der Waals surface area (Å²) >= 11 is 0. The lowest BCUT2D eigenvalue weighted by atomic mass is 10.2. The smallest absolute Gasteiger partial charge is 0.363 e. The van der Waals surface area contributed by atoms with Crippen LogP contribution in [0.15, 0.2) is 53.2 Å². The summed E-state index contributed by atoms with van der Waals surface area (Å²) < 4.78 is 21.4. The molecule has 0 bridgehead atoms. The third-order valence-electron chi connectivity index (χ3n) is 3.91. The van der Waals surface area contributed by atoms with E-state index in [1.54, 1.807) is 38.5 Å². The van der Waals surface area contributed by atoms with Crippen LogP contribution in [-0.4, -0.2) is 32.7 Å². The minimum Gasteiger partial charge on any atom is -0.494 e. The van der Waals surface area contributed by atoms with E-state index in [2.05, 4.69) is 11.9 Å². The quantitative estimate of drug-likeness (QED) is 0.549. The van der Waals surface area contributed by atoms with E-state index in [1.165, 1.54) is 0 Å². The average Bonchev–Trinajstić information content (AvgIpc) is 3.07. The summed E-state index contributed by atoms with van der Waals surface area (Å²) in [5.74, 6) is 1.66. The molecule has 0 N–H and O–H groups in total. The number of carbonyl (C=O) groups is 1. The molecule has 1 heterocycles. The molecule has 0 radical (unpaired) electrons. The van der Waals surface area contributed by atoms with Crippen LogP contribution in [0.4, 0.5) is 0 Å². The molecular weight excluding hydrogens is 346 g/mol. The Labute approximate surface area is 158 Å². The fourth-order valence-corrected chi connectivity index (χ4v) is 2.54. The molecule has 0 saturated carbocycles. The molecule has 0 atom stereocenters. The van der Waals surface area contributed by atoms with Crippen LogP contribution in [0.25, 0.3) is 6.08 Å². The number of ether oxygens (including phenoxy) is 4. The Morgan fingerprint density at radius 3 is 2.44 bits per heavy atom. The zero-order valence-corrected chi connectivity index (χ0v) is 15.5. The van der Waals surface area contributed by atoms with Gasteiger partial charge in [0.25, 0.3) is 0 Å². The van der Waals surface area contributed by atoms with Crippen LogP contribution >= 0.6 is 0 Å². The van der Waals surface area contributed by atoms with E-state index >= 15 is 0 Å². The first-order valence-electron chi connectivity index (χ1n) is 8.62. The second kappa shape index (κ2) is 8.40. The number of esters is 1. The molecule has 0 aliphatic carbocycles. The molecule has 2 aromatic carbocycles. The Kier molecular flexibility index (Phi) is 5.76. The molecule has 140 valence electrons. The molecule has 1 aliphatic rings. The molecule has 0 aromatic heterocycles. The molecule has 0 amide bonds. The first kappa shape index (κ1) is 18.5. The molecule has 3 rings (SSSR count). The maximum absolute atomic E-state index is 12.2. The average molecular weight is 367 g/mol. The van der Waals surface area contributed by atoms with Crippen molar-refractivity contribution in [2.45, 2.75) is 13.3 Å². The van der Waals surface area contributed by atoms with Crippen molar-refractivity contribution >= 4 is 17.9 Å². The highest BCUT2D eigenvalue weighted by Gasteiger charge is 2.25. The van der Waals surface area contributed by atoms with E-state index < -0.39 is 5.97 Å². The van der Waals surface area contributed by atoms with E-state index in [4.69, 9.17) is 18.9 Å². The van der Waals surface area contributed by atoms with Gasteiger partial charge in [-0.15, -0.1) is 0 Å². The summed E-state index contributed by atoms with van der Waals surface area (Å²) in [6.07, 6.45) is 2.63. The number of rotatable bonds is 7. The largest absolute Gasteiger partial charge is 0.494 e. The molecule has 0 spiro atoms. The second-order valence-corrected chi connectivity index (χ2v) is 5.82. The topological polar surface area (TPSA) is 66.3 Å². The number of carbonyl (C=O) groups excluding carboxylic acids is 1. The van der Waals surface area contributed by atoms with Crippen molar-refractivity contribution in [1.82, 2.24) is 0 Å². The summed E-state index contributed by atoms with van der Waals surface area (Å²) in [6.45, 7) is 2.73. The number of benzene rings is 2. The third-order valence-corrected chi connectivity index (χ3v) is 3.91. The van der Waals surface area contributed by atoms with Crippen molar-refractivity contribution in [2.75, 3.05) is 20.8 Å². The molecule has 0 saturated heterocycles. The minimum absolute atomic E-state index is 0.232. The van der Waals surface area contributed by atoms with Gasteiger partial charge in [0, 0.05) is 5.56 Å². The first-order chi connectivity index (χ1) is 13.1. The highest BCUT2D eigenvalue weighted by atomic mass is 16.6. The van der Waals surface area contributed by atoms with Crippen LogP contribution in [0, 0.1) is 0 Å². The highest BCUT2D eigenvalue weighted by molar-refractivity contribution is 6.13. The predicted molar refractivity (Wildman–Crippen MR) is 102 cm³/mol. The standard InChI is InChI=1S/C21H21NO5/c1-4-11-26-16-8-5-14(6-9-16)12-17-21(23)27-20(22-17)15-7-10-18(24-2)19(13-15)25-3/h5-10,12-13H,4,11H2,1-3H3/b17-12+. The predicted octanol–water partition coefficient (Wildman–Crippen LogP) is 3.84. The van der Waals surface area contributed by atoms with Crippen molar-refractivity contribution in [3.63, 3.8) is 0 Å². The Hall–Kier alpha value is -3.28. The lowest BCUT2D eigenvalue weighted by Crippen LogP contribution is -2.06. The van der Waals surface area contributed by atoms with Gasteiger partial charge in [0.05, 0.1) is 20.8 Å². The van der Waals surface area contributed by atoms with Crippen molar-refractivity contribution in [1.29, 1.82) is 0 Å². The van der Waals surface area contributed by atoms with Crippen LogP contribution in [0.5, 0.6) is 17.2 Å². The van der Waals surface area contributed by atoms with Gasteiger partial charge in [-0.2, -0.15) is 0 Å². The maximum Gasteiger partial charge on any atom is 0.363 e. The van der Waals surface area contributed by atoms with Crippen LogP contribution in [0.1, 0.15) is 24.5 Å².